The summed E-state index contributed by atoms with van der Waals surface area (Å²) in [5.41, 5.74) is 2.08. The Morgan fingerprint density at radius 2 is 2.16 bits per heavy atom. The second-order valence-corrected chi connectivity index (χ2v) is 7.22. The van der Waals surface area contributed by atoms with Gasteiger partial charge in [0.25, 0.3) is 0 Å². The number of thioether (sulfide) groups is 1. The van der Waals surface area contributed by atoms with Crippen molar-refractivity contribution >= 4 is 28.7 Å². The molecule has 0 aliphatic carbocycles. The van der Waals surface area contributed by atoms with Gasteiger partial charge in [0.15, 0.2) is 5.16 Å². The van der Waals surface area contributed by atoms with Crippen LogP contribution in [0.2, 0.25) is 0 Å². The van der Waals surface area contributed by atoms with E-state index in [1.165, 1.54) is 11.8 Å². The zero-order valence-corrected chi connectivity index (χ0v) is 15.1. The Balaban J connectivity index is 1.54. The van der Waals surface area contributed by atoms with Crippen LogP contribution in [-0.2, 0) is 18.9 Å². The maximum absolute atomic E-state index is 12.8. The van der Waals surface area contributed by atoms with E-state index < -0.39 is 0 Å². The predicted octanol–water partition coefficient (Wildman–Crippen LogP) is 2.16. The van der Waals surface area contributed by atoms with Gasteiger partial charge in [0.1, 0.15) is 12.2 Å². The van der Waals surface area contributed by atoms with Gasteiger partial charge in [-0.2, -0.15) is 0 Å². The van der Waals surface area contributed by atoms with E-state index in [1.807, 2.05) is 41.8 Å². The van der Waals surface area contributed by atoms with Crippen molar-refractivity contribution in [3.8, 4) is 0 Å². The van der Waals surface area contributed by atoms with Crippen LogP contribution < -0.4 is 0 Å². The summed E-state index contributed by atoms with van der Waals surface area (Å²) in [6.07, 6.45) is 3.61. The van der Waals surface area contributed by atoms with Crippen LogP contribution in [0.4, 0.5) is 0 Å². The number of aromatic nitrogens is 5. The van der Waals surface area contributed by atoms with E-state index in [9.17, 15) is 4.79 Å². The number of hydrogen-bond acceptors (Lipinski definition) is 5. The van der Waals surface area contributed by atoms with Gasteiger partial charge in [-0.15, -0.1) is 10.2 Å². The third kappa shape index (κ3) is 2.90. The Hall–Kier alpha value is -2.35. The minimum absolute atomic E-state index is 0.0463. The normalized spacial score (nSPS) is 17.5. The molecule has 1 aliphatic heterocycles. The van der Waals surface area contributed by atoms with Crippen molar-refractivity contribution < 1.29 is 4.79 Å². The Bertz CT molecular complexity index is 917. The molecule has 1 amide bonds. The Kier molecular flexibility index (Phi) is 4.20. The topological polar surface area (TPSA) is 68.8 Å². The lowest BCUT2D eigenvalue weighted by Gasteiger charge is -2.24. The maximum atomic E-state index is 12.8. The van der Waals surface area contributed by atoms with Gasteiger partial charge >= 0.3 is 0 Å². The molecule has 8 heteroatoms. The number of carbonyl (C=O) groups is 1. The number of rotatable bonds is 4. The number of hydrogen-bond donors (Lipinski definition) is 0. The molecule has 130 valence electrons. The van der Waals surface area contributed by atoms with Crippen molar-refractivity contribution in [1.29, 1.82) is 0 Å². The molecule has 0 spiro atoms. The zero-order valence-electron chi connectivity index (χ0n) is 14.3. The van der Waals surface area contributed by atoms with Crippen molar-refractivity contribution in [2.45, 2.75) is 24.0 Å². The average Bonchev–Trinajstić information content (AvgIpc) is 3.32. The number of fused-ring (bicyclic) bond motifs is 1. The third-order valence-electron chi connectivity index (χ3n) is 4.69. The van der Waals surface area contributed by atoms with Crippen LogP contribution in [0.3, 0.4) is 0 Å². The average molecular weight is 356 g/mol. The Labute approximate surface area is 150 Å². The van der Waals surface area contributed by atoms with Crippen LogP contribution in [0.1, 0.15) is 24.7 Å². The summed E-state index contributed by atoms with van der Waals surface area (Å²) in [5.74, 6) is 1.46. The van der Waals surface area contributed by atoms with Crippen LogP contribution in [0.15, 0.2) is 35.7 Å². The van der Waals surface area contributed by atoms with E-state index in [2.05, 4.69) is 20.8 Å². The van der Waals surface area contributed by atoms with Crippen LogP contribution in [0, 0.1) is 0 Å². The highest BCUT2D eigenvalue weighted by Gasteiger charge is 2.33. The molecule has 4 rings (SSSR count). The molecular formula is C17H20N6OS. The monoisotopic (exact) mass is 356 g/mol. The number of nitrogens with zero attached hydrogens (tertiary/aromatic N) is 6. The molecule has 0 unspecified atom stereocenters. The minimum Gasteiger partial charge on any atom is -0.332 e. The number of aryl methyl sites for hydroxylation is 2. The van der Waals surface area contributed by atoms with Gasteiger partial charge in [0.05, 0.1) is 22.8 Å². The molecule has 1 saturated heterocycles. The molecule has 1 aromatic carbocycles. The number of imidazole rings is 1. The van der Waals surface area contributed by atoms with Gasteiger partial charge in [-0.1, -0.05) is 23.9 Å². The number of benzene rings is 1. The SMILES string of the molecule is Cn1cnnc1SCC(=O)N1CCC[C@H]1c1nc2ccccc2n1C. The van der Waals surface area contributed by atoms with Gasteiger partial charge in [0.2, 0.25) is 5.91 Å². The molecule has 7 nitrogen and oxygen atoms in total. The highest BCUT2D eigenvalue weighted by Crippen LogP contribution is 2.33. The Morgan fingerprint density at radius 1 is 1.32 bits per heavy atom. The summed E-state index contributed by atoms with van der Waals surface area (Å²) in [4.78, 5) is 19.5. The predicted molar refractivity (Wildman–Crippen MR) is 96.1 cm³/mol. The van der Waals surface area contributed by atoms with Gasteiger partial charge in [0, 0.05) is 20.6 Å². The first-order chi connectivity index (χ1) is 12.1. The summed E-state index contributed by atoms with van der Waals surface area (Å²) >= 11 is 1.43. The van der Waals surface area contributed by atoms with E-state index in [0.717, 1.165) is 41.4 Å². The lowest BCUT2D eigenvalue weighted by Crippen LogP contribution is -2.33. The summed E-state index contributed by atoms with van der Waals surface area (Å²) in [7, 11) is 3.91. The molecular weight excluding hydrogens is 336 g/mol. The van der Waals surface area contributed by atoms with Crippen molar-refractivity contribution in [2.24, 2.45) is 14.1 Å². The van der Waals surface area contributed by atoms with Crippen LogP contribution >= 0.6 is 11.8 Å². The number of amides is 1. The molecule has 0 radical (unpaired) electrons. The molecule has 25 heavy (non-hydrogen) atoms. The number of likely N-dealkylation sites (tertiary alicyclic amines) is 1. The minimum atomic E-state index is 0.0463. The highest BCUT2D eigenvalue weighted by molar-refractivity contribution is 7.99. The fraction of sp³-hybridized carbons (Fsp3) is 0.412. The van der Waals surface area contributed by atoms with Gasteiger partial charge < -0.3 is 14.0 Å². The first-order valence-corrected chi connectivity index (χ1v) is 9.31. The maximum Gasteiger partial charge on any atom is 0.233 e. The molecule has 3 aromatic rings. The smallest absolute Gasteiger partial charge is 0.233 e. The van der Waals surface area contributed by atoms with E-state index in [-0.39, 0.29) is 11.9 Å². The lowest BCUT2D eigenvalue weighted by molar-refractivity contribution is -0.129. The summed E-state index contributed by atoms with van der Waals surface area (Å²) in [6, 6.07) is 8.14. The van der Waals surface area contributed by atoms with Crippen LogP contribution in [0.25, 0.3) is 11.0 Å². The quantitative estimate of drug-likeness (QED) is 0.670. The van der Waals surface area contributed by atoms with Crippen molar-refractivity contribution in [3.05, 3.63) is 36.4 Å². The number of carbonyl (C=O) groups excluding carboxylic acids is 1. The first kappa shape index (κ1) is 16.1. The van der Waals surface area contributed by atoms with Crippen molar-refractivity contribution in [3.63, 3.8) is 0 Å². The van der Waals surface area contributed by atoms with E-state index in [0.29, 0.717) is 5.75 Å². The molecule has 0 saturated carbocycles. The molecule has 0 bridgehead atoms. The van der Waals surface area contributed by atoms with E-state index >= 15 is 0 Å². The third-order valence-corrected chi connectivity index (χ3v) is 5.71. The van der Waals surface area contributed by atoms with Gasteiger partial charge in [-0.25, -0.2) is 4.98 Å². The second-order valence-electron chi connectivity index (χ2n) is 6.28. The largest absolute Gasteiger partial charge is 0.332 e. The van der Waals surface area contributed by atoms with Gasteiger partial charge in [-0.05, 0) is 25.0 Å². The van der Waals surface area contributed by atoms with E-state index in [1.54, 1.807) is 6.33 Å². The van der Waals surface area contributed by atoms with Crippen LogP contribution in [-0.4, -0.2) is 47.4 Å². The summed E-state index contributed by atoms with van der Waals surface area (Å²) in [5, 5.41) is 8.63. The molecule has 0 N–H and O–H groups in total. The Morgan fingerprint density at radius 3 is 2.92 bits per heavy atom. The first-order valence-electron chi connectivity index (χ1n) is 8.33. The van der Waals surface area contributed by atoms with Gasteiger partial charge in [-0.3, -0.25) is 4.79 Å². The molecule has 1 fully saturated rings. The molecule has 1 aliphatic rings. The second kappa shape index (κ2) is 6.51. The zero-order chi connectivity index (χ0) is 17.4. The summed E-state index contributed by atoms with van der Waals surface area (Å²) in [6.45, 7) is 0.784. The molecule has 2 aromatic heterocycles. The van der Waals surface area contributed by atoms with Crippen molar-refractivity contribution in [2.75, 3.05) is 12.3 Å². The number of para-hydroxylation sites is 2. The fourth-order valence-electron chi connectivity index (χ4n) is 3.41. The summed E-state index contributed by atoms with van der Waals surface area (Å²) < 4.78 is 3.94. The standard InChI is InChI=1S/C17H20N6OS/c1-21-11-18-20-17(21)25-10-15(24)23-9-5-8-14(23)16-19-12-6-3-4-7-13(12)22(16)2/h3-4,6-7,11,14H,5,8-10H2,1-2H3/t14-/m0/s1. The highest BCUT2D eigenvalue weighted by atomic mass is 32.2. The van der Waals surface area contributed by atoms with Crippen molar-refractivity contribution in [1.82, 2.24) is 29.2 Å². The fourth-order valence-corrected chi connectivity index (χ4v) is 4.18. The van der Waals surface area contributed by atoms with Crippen LogP contribution in [0.5, 0.6) is 0 Å². The molecule has 1 atom stereocenters. The van der Waals surface area contributed by atoms with E-state index in [4.69, 9.17) is 4.98 Å². The lowest BCUT2D eigenvalue weighted by atomic mass is 10.2. The molecule has 3 heterocycles.